The summed E-state index contributed by atoms with van der Waals surface area (Å²) in [6, 6.07) is 62.9. The summed E-state index contributed by atoms with van der Waals surface area (Å²) in [4.78, 5) is 13.5. The third kappa shape index (κ3) is 3.64. The zero-order valence-corrected chi connectivity index (χ0v) is 26.1. The van der Waals surface area contributed by atoms with E-state index in [9.17, 15) is 0 Å². The highest BCUT2D eigenvalue weighted by atomic mass is 15.2. The smallest absolute Gasteiger partial charge is 0.160 e. The maximum Gasteiger partial charge on any atom is 0.160 e. The number of para-hydroxylation sites is 3. The van der Waals surface area contributed by atoms with Crippen molar-refractivity contribution in [2.24, 2.45) is 0 Å². The van der Waals surface area contributed by atoms with Gasteiger partial charge in [0.05, 0.1) is 28.2 Å². The summed E-state index contributed by atoms with van der Waals surface area (Å²) in [6.45, 7) is 0. The molecule has 2 aliphatic rings. The molecular formula is C45H29N3. The first-order valence-electron chi connectivity index (χ1n) is 16.4. The molecule has 0 saturated heterocycles. The number of rotatable bonds is 3. The van der Waals surface area contributed by atoms with Gasteiger partial charge in [0.25, 0.3) is 0 Å². The summed E-state index contributed by atoms with van der Waals surface area (Å²) in [5.41, 5.74) is 12.8. The fraction of sp³-hybridized carbons (Fsp3) is 0.0222. The van der Waals surface area contributed by atoms with Crippen LogP contribution in [0.1, 0.15) is 22.4 Å². The monoisotopic (exact) mass is 611 g/mol. The van der Waals surface area contributed by atoms with Crippen molar-refractivity contribution in [2.75, 3.05) is 4.90 Å². The van der Waals surface area contributed by atoms with E-state index < -0.39 is 5.41 Å². The van der Waals surface area contributed by atoms with Crippen LogP contribution in [0.25, 0.3) is 44.5 Å². The van der Waals surface area contributed by atoms with Gasteiger partial charge in [-0.05, 0) is 57.3 Å². The fourth-order valence-corrected chi connectivity index (χ4v) is 8.13. The summed E-state index contributed by atoms with van der Waals surface area (Å²) in [6.07, 6.45) is 0. The summed E-state index contributed by atoms with van der Waals surface area (Å²) >= 11 is 0. The molecule has 0 unspecified atom stereocenters. The Bertz CT molecular complexity index is 2470. The van der Waals surface area contributed by atoms with Crippen LogP contribution in [0.3, 0.4) is 0 Å². The van der Waals surface area contributed by atoms with E-state index in [4.69, 9.17) is 9.97 Å². The second-order valence-electron chi connectivity index (χ2n) is 12.5. The van der Waals surface area contributed by atoms with Crippen LogP contribution >= 0.6 is 0 Å². The standard InChI is InChI=1S/C45H29N3/c1-3-17-31(18-4-1)44-46-42(34-24-15-19-30-16-7-8-22-33(30)34)41-35-23-9-10-25-36(35)45(43(41)47-44)37-26-11-13-28-39(37)48(32-20-5-2-6-21-32)40-29-14-12-27-38(40)45/h1-29H. The van der Waals surface area contributed by atoms with Gasteiger partial charge in [-0.15, -0.1) is 0 Å². The molecule has 0 bridgehead atoms. The molecule has 48 heavy (non-hydrogen) atoms. The molecule has 3 nitrogen and oxygen atoms in total. The number of benzene rings is 7. The Balaban J connectivity index is 1.39. The highest BCUT2D eigenvalue weighted by Crippen LogP contribution is 2.64. The van der Waals surface area contributed by atoms with Crippen LogP contribution in [0.15, 0.2) is 176 Å². The molecule has 0 radical (unpaired) electrons. The van der Waals surface area contributed by atoms with Crippen molar-refractivity contribution >= 4 is 27.8 Å². The molecule has 0 N–H and O–H groups in total. The van der Waals surface area contributed by atoms with E-state index in [-0.39, 0.29) is 0 Å². The Morgan fingerprint density at radius 2 is 1.00 bits per heavy atom. The molecule has 0 fully saturated rings. The number of fused-ring (bicyclic) bond motifs is 10. The van der Waals surface area contributed by atoms with Crippen molar-refractivity contribution < 1.29 is 0 Å². The molecular weight excluding hydrogens is 583 g/mol. The lowest BCUT2D eigenvalue weighted by molar-refractivity contribution is 0.723. The van der Waals surface area contributed by atoms with Gasteiger partial charge in [0.1, 0.15) is 0 Å². The second-order valence-corrected chi connectivity index (χ2v) is 12.5. The van der Waals surface area contributed by atoms with Crippen LogP contribution in [-0.4, -0.2) is 9.97 Å². The van der Waals surface area contributed by atoms with Crippen molar-refractivity contribution in [1.29, 1.82) is 0 Å². The molecule has 2 heterocycles. The quantitative estimate of drug-likeness (QED) is 0.199. The Morgan fingerprint density at radius 1 is 0.438 bits per heavy atom. The highest BCUT2D eigenvalue weighted by molar-refractivity contribution is 6.04. The predicted molar refractivity (Wildman–Crippen MR) is 196 cm³/mol. The van der Waals surface area contributed by atoms with E-state index in [1.165, 1.54) is 33.0 Å². The minimum absolute atomic E-state index is 0.670. The van der Waals surface area contributed by atoms with Crippen LogP contribution in [-0.2, 0) is 5.41 Å². The lowest BCUT2D eigenvalue weighted by Crippen LogP contribution is -2.37. The minimum atomic E-state index is -0.670. The van der Waals surface area contributed by atoms with Gasteiger partial charge in [0.2, 0.25) is 0 Å². The second kappa shape index (κ2) is 10.3. The van der Waals surface area contributed by atoms with E-state index in [0.29, 0.717) is 0 Å². The molecule has 7 aromatic carbocycles. The van der Waals surface area contributed by atoms with Crippen molar-refractivity contribution in [2.45, 2.75) is 5.41 Å². The van der Waals surface area contributed by atoms with Gasteiger partial charge < -0.3 is 4.90 Å². The Labute approximate surface area is 279 Å². The third-order valence-electron chi connectivity index (χ3n) is 10.1. The average Bonchev–Trinajstić information content (AvgIpc) is 3.46. The van der Waals surface area contributed by atoms with Gasteiger partial charge in [0, 0.05) is 22.4 Å². The summed E-state index contributed by atoms with van der Waals surface area (Å²) in [5, 5.41) is 2.37. The first-order valence-corrected chi connectivity index (χ1v) is 16.4. The fourth-order valence-electron chi connectivity index (χ4n) is 8.13. The lowest BCUT2D eigenvalue weighted by Gasteiger charge is -2.44. The molecule has 0 atom stereocenters. The maximum absolute atomic E-state index is 5.65. The van der Waals surface area contributed by atoms with Gasteiger partial charge in [-0.1, -0.05) is 152 Å². The SMILES string of the molecule is c1ccc(-c2nc(-c3cccc4ccccc34)c3c(n2)C2(c4ccccc4-3)c3ccccc3N(c3ccccc3)c3ccccc32)cc1. The van der Waals surface area contributed by atoms with Crippen LogP contribution in [0, 0.1) is 0 Å². The molecule has 0 saturated carbocycles. The van der Waals surface area contributed by atoms with Crippen LogP contribution < -0.4 is 4.90 Å². The average molecular weight is 612 g/mol. The minimum Gasteiger partial charge on any atom is -0.310 e. The van der Waals surface area contributed by atoms with Crippen LogP contribution in [0.4, 0.5) is 17.1 Å². The normalized spacial score (nSPS) is 13.5. The van der Waals surface area contributed by atoms with Gasteiger partial charge >= 0.3 is 0 Å². The summed E-state index contributed by atoms with van der Waals surface area (Å²) < 4.78 is 0. The Hall–Kier alpha value is -6.32. The number of hydrogen-bond donors (Lipinski definition) is 0. The molecule has 1 aliphatic carbocycles. The molecule has 1 spiro atoms. The van der Waals surface area contributed by atoms with Crippen molar-refractivity contribution in [3.8, 4) is 33.8 Å². The lowest BCUT2D eigenvalue weighted by atomic mass is 9.66. The van der Waals surface area contributed by atoms with Gasteiger partial charge in [0.15, 0.2) is 5.82 Å². The van der Waals surface area contributed by atoms with E-state index >= 15 is 0 Å². The predicted octanol–water partition coefficient (Wildman–Crippen LogP) is 11.1. The molecule has 3 heteroatoms. The largest absolute Gasteiger partial charge is 0.310 e. The van der Waals surface area contributed by atoms with Crippen molar-refractivity contribution in [3.63, 3.8) is 0 Å². The van der Waals surface area contributed by atoms with Gasteiger partial charge in [-0.2, -0.15) is 0 Å². The van der Waals surface area contributed by atoms with E-state index in [2.05, 4.69) is 175 Å². The van der Waals surface area contributed by atoms with Crippen LogP contribution in [0.2, 0.25) is 0 Å². The number of aromatic nitrogens is 2. The molecule has 1 aliphatic heterocycles. The summed E-state index contributed by atoms with van der Waals surface area (Å²) in [5.74, 6) is 0.727. The Kier molecular flexibility index (Phi) is 5.79. The third-order valence-corrected chi connectivity index (χ3v) is 10.1. The maximum atomic E-state index is 5.65. The van der Waals surface area contributed by atoms with Crippen molar-refractivity contribution in [3.05, 3.63) is 198 Å². The highest BCUT2D eigenvalue weighted by Gasteiger charge is 2.54. The van der Waals surface area contributed by atoms with E-state index in [1.807, 2.05) is 6.07 Å². The van der Waals surface area contributed by atoms with E-state index in [0.717, 1.165) is 51.0 Å². The van der Waals surface area contributed by atoms with Crippen molar-refractivity contribution in [1.82, 2.24) is 9.97 Å². The number of hydrogen-bond acceptors (Lipinski definition) is 3. The van der Waals surface area contributed by atoms with E-state index in [1.54, 1.807) is 0 Å². The zero-order chi connectivity index (χ0) is 31.7. The van der Waals surface area contributed by atoms with Gasteiger partial charge in [-0.25, -0.2) is 9.97 Å². The summed E-state index contributed by atoms with van der Waals surface area (Å²) in [7, 11) is 0. The molecule has 10 rings (SSSR count). The van der Waals surface area contributed by atoms with Gasteiger partial charge in [-0.3, -0.25) is 0 Å². The molecule has 0 amide bonds. The molecule has 224 valence electrons. The topological polar surface area (TPSA) is 29.0 Å². The van der Waals surface area contributed by atoms with Crippen LogP contribution in [0.5, 0.6) is 0 Å². The first-order chi connectivity index (χ1) is 23.8. The number of nitrogens with zero attached hydrogens (tertiary/aromatic N) is 3. The number of anilines is 3. The zero-order valence-electron chi connectivity index (χ0n) is 26.1. The molecule has 8 aromatic rings. The molecule has 1 aromatic heterocycles. The Morgan fingerprint density at radius 3 is 1.75 bits per heavy atom. The first kappa shape index (κ1) is 26.9.